The van der Waals surface area contributed by atoms with E-state index < -0.39 is 5.97 Å². The third kappa shape index (κ3) is 4.84. The molecule has 4 nitrogen and oxygen atoms in total. The van der Waals surface area contributed by atoms with Gasteiger partial charge in [0, 0.05) is 0 Å². The number of ether oxygens (including phenoxy) is 2. The van der Waals surface area contributed by atoms with Gasteiger partial charge in [0.05, 0.1) is 13.2 Å². The first-order valence-corrected chi connectivity index (χ1v) is 6.23. The molecule has 0 aliphatic rings. The lowest BCUT2D eigenvalue weighted by Gasteiger charge is -2.04. The molecule has 19 heavy (non-hydrogen) atoms. The first-order valence-electron chi connectivity index (χ1n) is 6.23. The number of benzene rings is 1. The molecule has 0 saturated carbocycles. The van der Waals surface area contributed by atoms with Crippen molar-refractivity contribution in [3.8, 4) is 11.8 Å². The molecule has 0 amide bonds. The Hall–Kier alpha value is -2.28. The minimum atomic E-state index is -0.592. The fourth-order valence-electron chi connectivity index (χ4n) is 1.44. The summed E-state index contributed by atoms with van der Waals surface area (Å²) >= 11 is 0. The second-order valence-corrected chi connectivity index (χ2v) is 3.81. The Labute approximate surface area is 113 Å². The molecule has 0 fully saturated rings. The van der Waals surface area contributed by atoms with Gasteiger partial charge in [0.1, 0.15) is 17.4 Å². The molecule has 0 atom stereocenters. The van der Waals surface area contributed by atoms with Crippen molar-refractivity contribution < 1.29 is 14.3 Å². The van der Waals surface area contributed by atoms with Gasteiger partial charge >= 0.3 is 5.97 Å². The molecular weight excluding hydrogens is 242 g/mol. The maximum Gasteiger partial charge on any atom is 0.348 e. The quantitative estimate of drug-likeness (QED) is 0.447. The smallest absolute Gasteiger partial charge is 0.348 e. The Morgan fingerprint density at radius 1 is 1.42 bits per heavy atom. The second-order valence-electron chi connectivity index (χ2n) is 3.81. The lowest BCUT2D eigenvalue weighted by Crippen LogP contribution is -2.07. The monoisotopic (exact) mass is 259 g/mol. The van der Waals surface area contributed by atoms with Gasteiger partial charge in [0.2, 0.25) is 0 Å². The Bertz CT molecular complexity index is 500. The lowest BCUT2D eigenvalue weighted by molar-refractivity contribution is -0.138. The zero-order valence-electron chi connectivity index (χ0n) is 11.2. The molecule has 0 bridgehead atoms. The number of esters is 1. The van der Waals surface area contributed by atoms with Gasteiger partial charge in [0.15, 0.2) is 0 Å². The summed E-state index contributed by atoms with van der Waals surface area (Å²) in [5, 5.41) is 8.98. The van der Waals surface area contributed by atoms with E-state index in [4.69, 9.17) is 14.7 Å². The maximum absolute atomic E-state index is 11.6. The SMILES string of the molecule is CCCOC(=O)C(C#N)=Cc1cccc(OCC)c1. The first kappa shape index (κ1) is 14.8. The van der Waals surface area contributed by atoms with Crippen LogP contribution in [0.15, 0.2) is 29.8 Å². The van der Waals surface area contributed by atoms with Crippen LogP contribution in [0.4, 0.5) is 0 Å². The molecule has 0 spiro atoms. The minimum Gasteiger partial charge on any atom is -0.494 e. The normalized spacial score (nSPS) is 10.7. The summed E-state index contributed by atoms with van der Waals surface area (Å²) in [6.45, 7) is 4.67. The predicted octanol–water partition coefficient (Wildman–Crippen LogP) is 2.95. The number of rotatable bonds is 6. The highest BCUT2D eigenvalue weighted by Gasteiger charge is 2.10. The summed E-state index contributed by atoms with van der Waals surface area (Å²) < 4.78 is 10.3. The highest BCUT2D eigenvalue weighted by Crippen LogP contribution is 2.16. The van der Waals surface area contributed by atoms with E-state index in [2.05, 4.69) is 0 Å². The number of nitrogens with zero attached hydrogens (tertiary/aromatic N) is 1. The number of hydrogen-bond donors (Lipinski definition) is 0. The summed E-state index contributed by atoms with van der Waals surface area (Å²) in [6, 6.07) is 9.06. The van der Waals surface area contributed by atoms with Crippen molar-refractivity contribution in [2.75, 3.05) is 13.2 Å². The number of nitriles is 1. The van der Waals surface area contributed by atoms with Gasteiger partial charge in [-0.15, -0.1) is 0 Å². The molecule has 0 aliphatic carbocycles. The summed E-state index contributed by atoms with van der Waals surface area (Å²) in [7, 11) is 0. The van der Waals surface area contributed by atoms with Gasteiger partial charge in [-0.05, 0) is 37.1 Å². The van der Waals surface area contributed by atoms with Crippen molar-refractivity contribution in [2.45, 2.75) is 20.3 Å². The third-order valence-electron chi connectivity index (χ3n) is 2.26. The van der Waals surface area contributed by atoms with Gasteiger partial charge in [-0.25, -0.2) is 4.79 Å². The number of carbonyl (C=O) groups excluding carboxylic acids is 1. The van der Waals surface area contributed by atoms with E-state index in [0.29, 0.717) is 19.0 Å². The highest BCUT2D eigenvalue weighted by atomic mass is 16.5. The molecule has 0 unspecified atom stereocenters. The van der Waals surface area contributed by atoms with E-state index in [-0.39, 0.29) is 5.57 Å². The van der Waals surface area contributed by atoms with Crippen LogP contribution < -0.4 is 4.74 Å². The number of carbonyl (C=O) groups is 1. The zero-order valence-corrected chi connectivity index (χ0v) is 11.2. The van der Waals surface area contributed by atoms with Crippen LogP contribution in [0.2, 0.25) is 0 Å². The predicted molar refractivity (Wildman–Crippen MR) is 72.5 cm³/mol. The Balaban J connectivity index is 2.88. The van der Waals surface area contributed by atoms with Crippen molar-refractivity contribution in [1.29, 1.82) is 5.26 Å². The van der Waals surface area contributed by atoms with Crippen molar-refractivity contribution >= 4 is 12.0 Å². The number of hydrogen-bond acceptors (Lipinski definition) is 4. The first-order chi connectivity index (χ1) is 9.21. The maximum atomic E-state index is 11.6. The molecular formula is C15H17NO3. The second kappa shape index (κ2) is 7.93. The fourth-order valence-corrected chi connectivity index (χ4v) is 1.44. The van der Waals surface area contributed by atoms with E-state index in [9.17, 15) is 4.79 Å². The van der Waals surface area contributed by atoms with E-state index in [0.717, 1.165) is 12.0 Å². The van der Waals surface area contributed by atoms with Crippen molar-refractivity contribution in [3.63, 3.8) is 0 Å². The van der Waals surface area contributed by atoms with E-state index in [1.807, 2.05) is 32.0 Å². The molecule has 100 valence electrons. The van der Waals surface area contributed by atoms with Crippen molar-refractivity contribution in [1.82, 2.24) is 0 Å². The molecule has 0 aromatic heterocycles. The summed E-state index contributed by atoms with van der Waals surface area (Å²) in [6.07, 6.45) is 2.23. The van der Waals surface area contributed by atoms with Gasteiger partial charge in [-0.3, -0.25) is 0 Å². The van der Waals surface area contributed by atoms with Gasteiger partial charge in [-0.1, -0.05) is 19.1 Å². The standard InChI is InChI=1S/C15H17NO3/c1-3-8-19-15(17)13(11-16)9-12-6-5-7-14(10-12)18-4-2/h5-7,9-10H,3-4,8H2,1-2H3. The zero-order chi connectivity index (χ0) is 14.1. The highest BCUT2D eigenvalue weighted by molar-refractivity contribution is 5.97. The summed E-state index contributed by atoms with van der Waals surface area (Å²) in [4.78, 5) is 11.6. The molecule has 4 heteroatoms. The van der Waals surface area contributed by atoms with Crippen LogP contribution in [-0.2, 0) is 9.53 Å². The van der Waals surface area contributed by atoms with E-state index >= 15 is 0 Å². The lowest BCUT2D eigenvalue weighted by atomic mass is 10.1. The summed E-state index contributed by atoms with van der Waals surface area (Å²) in [5.74, 6) is 0.113. The van der Waals surface area contributed by atoms with Crippen LogP contribution in [0.25, 0.3) is 6.08 Å². The topological polar surface area (TPSA) is 59.3 Å². The Kier molecular flexibility index (Phi) is 6.17. The van der Waals surface area contributed by atoms with Gasteiger partial charge < -0.3 is 9.47 Å². The molecule has 0 N–H and O–H groups in total. The van der Waals surface area contributed by atoms with Crippen LogP contribution in [-0.4, -0.2) is 19.2 Å². The average molecular weight is 259 g/mol. The van der Waals surface area contributed by atoms with Crippen LogP contribution in [0.5, 0.6) is 5.75 Å². The van der Waals surface area contributed by atoms with E-state index in [1.54, 1.807) is 12.1 Å². The Morgan fingerprint density at radius 3 is 2.84 bits per heavy atom. The molecule has 1 aromatic carbocycles. The van der Waals surface area contributed by atoms with Crippen LogP contribution in [0.1, 0.15) is 25.8 Å². The van der Waals surface area contributed by atoms with Gasteiger partial charge in [0.25, 0.3) is 0 Å². The molecule has 1 rings (SSSR count). The van der Waals surface area contributed by atoms with Crippen molar-refractivity contribution in [3.05, 3.63) is 35.4 Å². The molecule has 0 aliphatic heterocycles. The molecule has 1 aromatic rings. The molecule has 0 radical (unpaired) electrons. The van der Waals surface area contributed by atoms with E-state index in [1.165, 1.54) is 6.08 Å². The minimum absolute atomic E-state index is 0.0119. The summed E-state index contributed by atoms with van der Waals surface area (Å²) in [5.41, 5.74) is 0.720. The van der Waals surface area contributed by atoms with Crippen LogP contribution in [0.3, 0.4) is 0 Å². The van der Waals surface area contributed by atoms with Gasteiger partial charge in [-0.2, -0.15) is 5.26 Å². The Morgan fingerprint density at radius 2 is 2.21 bits per heavy atom. The average Bonchev–Trinajstić information content (AvgIpc) is 2.43. The largest absolute Gasteiger partial charge is 0.494 e. The van der Waals surface area contributed by atoms with Crippen LogP contribution in [0, 0.1) is 11.3 Å². The van der Waals surface area contributed by atoms with Crippen LogP contribution >= 0.6 is 0 Å². The molecule has 0 saturated heterocycles. The fraction of sp³-hybridized carbons (Fsp3) is 0.333. The van der Waals surface area contributed by atoms with Crippen molar-refractivity contribution in [2.24, 2.45) is 0 Å². The third-order valence-corrected chi connectivity index (χ3v) is 2.26. The molecule has 0 heterocycles.